The first kappa shape index (κ1) is 30.8. The lowest BCUT2D eigenvalue weighted by atomic mass is 9.35. The van der Waals surface area contributed by atoms with E-state index in [-0.39, 0.29) is 57.2 Å². The van der Waals surface area contributed by atoms with Crippen LogP contribution in [0.4, 0.5) is 0 Å². The molecule has 0 unspecified atom stereocenters. The number of nitrogens with zero attached hydrogens (tertiary/aromatic N) is 1. The summed E-state index contributed by atoms with van der Waals surface area (Å²) in [6.07, 6.45) is 13.6. The van der Waals surface area contributed by atoms with E-state index in [4.69, 9.17) is 6.57 Å². The average molecular weight is 593 g/mol. The van der Waals surface area contributed by atoms with E-state index in [1.807, 2.05) is 62.4 Å². The van der Waals surface area contributed by atoms with E-state index in [0.29, 0.717) is 0 Å². The quantitative estimate of drug-likeness (QED) is 0.285. The van der Waals surface area contributed by atoms with Gasteiger partial charge in [0.15, 0.2) is 11.6 Å². The summed E-state index contributed by atoms with van der Waals surface area (Å²) in [5.74, 6) is -0.139. The van der Waals surface area contributed by atoms with Crippen LogP contribution < -0.4 is 5.32 Å². The van der Waals surface area contributed by atoms with Gasteiger partial charge in [-0.05, 0) is 90.7 Å². The highest BCUT2D eigenvalue weighted by Crippen LogP contribution is 2.73. The minimum absolute atomic E-state index is 0.0328. The van der Waals surface area contributed by atoms with Gasteiger partial charge in [0.2, 0.25) is 11.6 Å². The molecule has 5 nitrogen and oxygen atoms in total. The third-order valence-corrected chi connectivity index (χ3v) is 13.4. The zero-order chi connectivity index (χ0) is 31.9. The third-order valence-electron chi connectivity index (χ3n) is 13.4. The van der Waals surface area contributed by atoms with Crippen molar-refractivity contribution >= 4 is 23.5 Å². The van der Waals surface area contributed by atoms with Gasteiger partial charge in [0, 0.05) is 28.4 Å². The Kier molecular flexibility index (Phi) is 6.90. The fourth-order valence-corrected chi connectivity index (χ4v) is 10.8. The Hall–Kier alpha value is -3.26. The molecule has 1 N–H and O–H groups in total. The lowest BCUT2D eigenvalue weighted by Gasteiger charge is -2.69. The summed E-state index contributed by atoms with van der Waals surface area (Å²) in [4.78, 5) is 45.2. The molecular formula is C39H48N2O3. The van der Waals surface area contributed by atoms with E-state index < -0.39 is 16.4 Å². The number of fused-ring (bicyclic) bond motifs is 7. The molecule has 1 aromatic rings. The van der Waals surface area contributed by atoms with Gasteiger partial charge in [0.1, 0.15) is 0 Å². The molecule has 0 bridgehead atoms. The van der Waals surface area contributed by atoms with Crippen molar-refractivity contribution in [3.63, 3.8) is 0 Å². The monoisotopic (exact) mass is 592 g/mol. The number of allylic oxidation sites excluding steroid dienone is 4. The molecule has 1 aromatic carbocycles. The number of carbonyl (C=O) groups excluding carboxylic acids is 3. The first-order valence-corrected chi connectivity index (χ1v) is 16.5. The van der Waals surface area contributed by atoms with Gasteiger partial charge in [-0.15, -0.1) is 0 Å². The van der Waals surface area contributed by atoms with Crippen molar-refractivity contribution in [1.82, 2.24) is 5.32 Å². The van der Waals surface area contributed by atoms with E-state index in [9.17, 15) is 14.4 Å². The maximum absolute atomic E-state index is 14.7. The van der Waals surface area contributed by atoms with Crippen LogP contribution in [0.15, 0.2) is 59.8 Å². The molecule has 0 heterocycles. The number of carbonyl (C=O) groups is 3. The van der Waals surface area contributed by atoms with Crippen LogP contribution in [-0.2, 0) is 14.4 Å². The zero-order valence-corrected chi connectivity index (χ0v) is 27.5. The van der Waals surface area contributed by atoms with Gasteiger partial charge in [0.05, 0.1) is 6.57 Å². The van der Waals surface area contributed by atoms with E-state index in [2.05, 4.69) is 44.8 Å². The van der Waals surface area contributed by atoms with Crippen LogP contribution in [0, 0.1) is 51.4 Å². The summed E-state index contributed by atoms with van der Waals surface area (Å²) in [6, 6.07) is 9.87. The second-order valence-electron chi connectivity index (χ2n) is 16.6. The summed E-state index contributed by atoms with van der Waals surface area (Å²) >= 11 is 0. The highest BCUT2D eigenvalue weighted by molar-refractivity contribution is 6.03. The van der Waals surface area contributed by atoms with E-state index in [1.165, 1.54) is 0 Å². The molecule has 232 valence electrons. The van der Waals surface area contributed by atoms with Gasteiger partial charge >= 0.3 is 0 Å². The molecule has 5 aliphatic rings. The second-order valence-corrected chi connectivity index (χ2v) is 16.6. The fraction of sp³-hybridized carbons (Fsp3) is 0.590. The number of hydrogen-bond donors (Lipinski definition) is 1. The SMILES string of the molecule is [C-]#[N+]C1=C[C@]2(C)C3=CC(=O)[C@@H]4[C@@H]5CC(C)(C)CC[C@]5(NC(=O)/C=C/c5ccccc5)CC[C@@]4(C)[C@]3(C)CC[C@H]2C(C)(C)C1=O. The molecule has 7 atom stereocenters. The molecule has 0 radical (unpaired) electrons. The molecule has 3 fully saturated rings. The first-order chi connectivity index (χ1) is 20.5. The van der Waals surface area contributed by atoms with E-state index in [0.717, 1.165) is 56.1 Å². The number of benzene rings is 1. The van der Waals surface area contributed by atoms with Crippen LogP contribution in [-0.4, -0.2) is 23.0 Å². The molecule has 0 saturated heterocycles. The summed E-state index contributed by atoms with van der Waals surface area (Å²) < 4.78 is 0. The topological polar surface area (TPSA) is 67.6 Å². The van der Waals surface area contributed by atoms with Gasteiger partial charge < -0.3 is 10.1 Å². The number of ketones is 2. The normalized spacial score (nSPS) is 40.4. The maximum Gasteiger partial charge on any atom is 0.244 e. The largest absolute Gasteiger partial charge is 0.347 e. The molecular weight excluding hydrogens is 544 g/mol. The Bertz CT molecular complexity index is 1560. The molecule has 5 heteroatoms. The smallest absolute Gasteiger partial charge is 0.244 e. The van der Waals surface area contributed by atoms with Crippen molar-refractivity contribution in [2.75, 3.05) is 0 Å². The van der Waals surface area contributed by atoms with Crippen molar-refractivity contribution in [3.8, 4) is 0 Å². The Morgan fingerprint density at radius 2 is 1.64 bits per heavy atom. The van der Waals surface area contributed by atoms with Gasteiger partial charge in [-0.2, -0.15) is 0 Å². The van der Waals surface area contributed by atoms with Crippen molar-refractivity contribution in [2.45, 2.75) is 99.0 Å². The summed E-state index contributed by atoms with van der Waals surface area (Å²) in [6.45, 7) is 23.3. The molecule has 0 aliphatic heterocycles. The Morgan fingerprint density at radius 1 is 0.955 bits per heavy atom. The van der Waals surface area contributed by atoms with Gasteiger partial charge in [-0.1, -0.05) is 90.4 Å². The van der Waals surface area contributed by atoms with Gasteiger partial charge in [0.25, 0.3) is 0 Å². The molecule has 0 aromatic heterocycles. The second kappa shape index (κ2) is 9.87. The van der Waals surface area contributed by atoms with Crippen LogP contribution in [0.2, 0.25) is 0 Å². The van der Waals surface area contributed by atoms with Crippen molar-refractivity contribution in [3.05, 3.63) is 76.8 Å². The summed E-state index contributed by atoms with van der Waals surface area (Å²) in [7, 11) is 0. The lowest BCUT2D eigenvalue weighted by Crippen LogP contribution is -2.69. The van der Waals surface area contributed by atoms with E-state index in [1.54, 1.807) is 6.08 Å². The minimum atomic E-state index is -0.668. The molecule has 1 amide bonds. The Balaban J connectivity index is 1.42. The van der Waals surface area contributed by atoms with Crippen LogP contribution in [0.1, 0.15) is 99.0 Å². The fourth-order valence-electron chi connectivity index (χ4n) is 10.8. The zero-order valence-electron chi connectivity index (χ0n) is 27.5. The average Bonchev–Trinajstić information content (AvgIpc) is 2.96. The number of rotatable bonds is 3. The predicted octanol–water partition coefficient (Wildman–Crippen LogP) is 8.14. The summed E-state index contributed by atoms with van der Waals surface area (Å²) in [5, 5.41) is 3.50. The predicted molar refractivity (Wildman–Crippen MR) is 174 cm³/mol. The van der Waals surface area contributed by atoms with Crippen molar-refractivity contribution in [2.24, 2.45) is 44.8 Å². The van der Waals surface area contributed by atoms with Crippen molar-refractivity contribution < 1.29 is 14.4 Å². The molecule has 3 saturated carbocycles. The van der Waals surface area contributed by atoms with Crippen LogP contribution >= 0.6 is 0 Å². The maximum atomic E-state index is 14.7. The van der Waals surface area contributed by atoms with Gasteiger partial charge in [-0.25, -0.2) is 4.85 Å². The van der Waals surface area contributed by atoms with E-state index >= 15 is 0 Å². The third kappa shape index (κ3) is 4.27. The number of hydrogen-bond acceptors (Lipinski definition) is 3. The highest BCUT2D eigenvalue weighted by atomic mass is 16.2. The molecule has 6 rings (SSSR count). The van der Waals surface area contributed by atoms with Crippen LogP contribution in [0.25, 0.3) is 10.9 Å². The number of Topliss-reactive ketones (excluding diaryl/α,β-unsaturated/α-hetero) is 1. The number of amides is 1. The minimum Gasteiger partial charge on any atom is -0.347 e. The molecule has 44 heavy (non-hydrogen) atoms. The standard InChI is InChI=1S/C39H48N2O3/c1-34(2)18-20-39(41-31(43)15-14-25-12-10-9-11-13-25)21-19-38(7)32(26(39)23-34)28(42)22-30-36(5)24-27(40-8)33(44)35(3,4)29(36)16-17-37(30,38)6/h9-15,22,24,26,29,32H,16-21,23H2,1-7H3,(H,41,43)/b15-14+/t26-,29-,32-,36-,37+,38+,39-/m0/s1. The molecule has 5 aliphatic carbocycles. The highest BCUT2D eigenvalue weighted by Gasteiger charge is 2.69. The lowest BCUT2D eigenvalue weighted by molar-refractivity contribution is -0.163. The van der Waals surface area contributed by atoms with Gasteiger partial charge in [-0.3, -0.25) is 9.59 Å². The van der Waals surface area contributed by atoms with Crippen LogP contribution in [0.3, 0.4) is 0 Å². The first-order valence-electron chi connectivity index (χ1n) is 16.5. The summed E-state index contributed by atoms with van der Waals surface area (Å²) in [5.41, 5.74) is 0.195. The van der Waals surface area contributed by atoms with Crippen molar-refractivity contribution in [1.29, 1.82) is 0 Å². The Labute approximate surface area is 263 Å². The number of nitrogens with one attached hydrogen (secondary N) is 1. The van der Waals surface area contributed by atoms with Crippen LogP contribution in [0.5, 0.6) is 0 Å². The molecule has 0 spiro atoms. The Morgan fingerprint density at radius 3 is 2.32 bits per heavy atom.